The zero-order chi connectivity index (χ0) is 30.0. The molecule has 0 radical (unpaired) electrons. The van der Waals surface area contributed by atoms with E-state index in [2.05, 4.69) is 10.5 Å². The second-order valence-electron chi connectivity index (χ2n) is 9.60. The van der Waals surface area contributed by atoms with Crippen molar-refractivity contribution in [2.75, 3.05) is 31.7 Å². The minimum atomic E-state index is -4.17. The minimum Gasteiger partial charge on any atom is -0.497 e. The highest BCUT2D eigenvalue weighted by atomic mass is 32.2. The molecule has 1 amide bonds. The molecule has 3 rings (SSSR count). The van der Waals surface area contributed by atoms with E-state index in [1.54, 1.807) is 69.3 Å². The summed E-state index contributed by atoms with van der Waals surface area (Å²) in [6, 6.07) is 18.9. The van der Waals surface area contributed by atoms with Crippen LogP contribution >= 0.6 is 0 Å². The molecule has 3 aromatic carbocycles. The fourth-order valence-corrected chi connectivity index (χ4v) is 4.95. The maximum atomic E-state index is 13.6. The first-order chi connectivity index (χ1) is 19.4. The number of esters is 1. The van der Waals surface area contributed by atoms with Crippen LogP contribution < -0.4 is 23.9 Å². The summed E-state index contributed by atoms with van der Waals surface area (Å²) in [6.45, 7) is 4.52. The third-order valence-corrected chi connectivity index (χ3v) is 7.12. The Kier molecular flexibility index (Phi) is 10.3. The zero-order valence-electron chi connectivity index (χ0n) is 23.5. The Balaban J connectivity index is 1.69. The van der Waals surface area contributed by atoms with E-state index >= 15 is 0 Å². The van der Waals surface area contributed by atoms with E-state index < -0.39 is 34.0 Å². The third-order valence-electron chi connectivity index (χ3n) is 5.35. The van der Waals surface area contributed by atoms with E-state index in [1.165, 1.54) is 44.7 Å². The number of amides is 1. The average molecular weight is 584 g/mol. The van der Waals surface area contributed by atoms with Crippen molar-refractivity contribution in [2.45, 2.75) is 31.3 Å². The van der Waals surface area contributed by atoms with Crippen molar-refractivity contribution in [3.05, 3.63) is 78.4 Å². The number of methoxy groups -OCH3 is 2. The number of hydrogen-bond donors (Lipinski definition) is 1. The van der Waals surface area contributed by atoms with Gasteiger partial charge in [-0.3, -0.25) is 9.10 Å². The minimum absolute atomic E-state index is 0.0329. The number of rotatable bonds is 12. The molecule has 0 spiro atoms. The Hall–Kier alpha value is -4.58. The van der Waals surface area contributed by atoms with Gasteiger partial charge < -0.3 is 18.9 Å². The number of nitrogens with one attached hydrogen (secondary N) is 1. The lowest BCUT2D eigenvalue weighted by Gasteiger charge is -2.25. The van der Waals surface area contributed by atoms with Crippen LogP contribution in [0, 0.1) is 0 Å². The second-order valence-corrected chi connectivity index (χ2v) is 11.5. The van der Waals surface area contributed by atoms with Crippen molar-refractivity contribution in [3.8, 4) is 17.2 Å². The van der Waals surface area contributed by atoms with Gasteiger partial charge in [0.25, 0.3) is 15.9 Å². The monoisotopic (exact) mass is 583 g/mol. The van der Waals surface area contributed by atoms with Gasteiger partial charge in [-0.05, 0) is 87.0 Å². The summed E-state index contributed by atoms with van der Waals surface area (Å²) < 4.78 is 49.3. The molecule has 0 aromatic heterocycles. The van der Waals surface area contributed by atoms with E-state index in [-0.39, 0.29) is 22.9 Å². The molecule has 0 heterocycles. The van der Waals surface area contributed by atoms with Crippen LogP contribution in [0.1, 0.15) is 26.3 Å². The number of ether oxygens (including phenoxy) is 4. The lowest BCUT2D eigenvalue weighted by molar-refractivity contribution is -0.157. The number of carbonyl (C=O) groups excluding carboxylic acids is 2. The second kappa shape index (κ2) is 13.7. The molecule has 0 fully saturated rings. The number of para-hydroxylation sites is 2. The first kappa shape index (κ1) is 31.0. The van der Waals surface area contributed by atoms with Crippen molar-refractivity contribution in [2.24, 2.45) is 5.10 Å². The van der Waals surface area contributed by atoms with E-state index in [9.17, 15) is 18.0 Å². The topological polar surface area (TPSA) is 133 Å². The summed E-state index contributed by atoms with van der Waals surface area (Å²) in [4.78, 5) is 24.6. The van der Waals surface area contributed by atoms with E-state index in [4.69, 9.17) is 18.9 Å². The Bertz CT molecular complexity index is 1470. The number of hydrazone groups is 1. The predicted octanol–water partition coefficient (Wildman–Crippen LogP) is 3.77. The maximum Gasteiger partial charge on any atom is 0.344 e. The lowest BCUT2D eigenvalue weighted by Crippen LogP contribution is -2.39. The number of sulfonamides is 1. The Morgan fingerprint density at radius 2 is 1.54 bits per heavy atom. The number of benzene rings is 3. The predicted molar refractivity (Wildman–Crippen MR) is 154 cm³/mol. The normalized spacial score (nSPS) is 11.5. The number of carbonyl (C=O) groups is 2. The fourth-order valence-electron chi connectivity index (χ4n) is 3.52. The number of hydrogen-bond acceptors (Lipinski definition) is 9. The van der Waals surface area contributed by atoms with Gasteiger partial charge in [-0.25, -0.2) is 18.6 Å². The van der Waals surface area contributed by atoms with Crippen molar-refractivity contribution in [3.63, 3.8) is 0 Å². The highest BCUT2D eigenvalue weighted by molar-refractivity contribution is 7.92. The summed E-state index contributed by atoms with van der Waals surface area (Å²) in [6.07, 6.45) is 1.39. The smallest absolute Gasteiger partial charge is 0.344 e. The highest BCUT2D eigenvalue weighted by Crippen LogP contribution is 2.32. The fraction of sp³-hybridized carbons (Fsp3) is 0.276. The molecule has 218 valence electrons. The highest BCUT2D eigenvalue weighted by Gasteiger charge is 2.29. The lowest BCUT2D eigenvalue weighted by atomic mass is 10.2. The number of nitrogens with zero attached hydrogens (tertiary/aromatic N) is 2. The van der Waals surface area contributed by atoms with Gasteiger partial charge in [0.05, 0.1) is 31.0 Å². The Labute approximate surface area is 239 Å². The molecule has 0 saturated carbocycles. The summed E-state index contributed by atoms with van der Waals surface area (Å²) >= 11 is 0. The van der Waals surface area contributed by atoms with Gasteiger partial charge in [-0.15, -0.1) is 0 Å². The number of anilines is 1. The van der Waals surface area contributed by atoms with E-state index in [0.717, 1.165) is 4.31 Å². The van der Waals surface area contributed by atoms with Crippen LogP contribution in [0.5, 0.6) is 17.2 Å². The van der Waals surface area contributed by atoms with Gasteiger partial charge in [0.1, 0.15) is 29.4 Å². The largest absolute Gasteiger partial charge is 0.497 e. The molecule has 1 N–H and O–H groups in total. The van der Waals surface area contributed by atoms with Crippen molar-refractivity contribution in [1.29, 1.82) is 0 Å². The van der Waals surface area contributed by atoms with Crippen molar-refractivity contribution >= 4 is 33.8 Å². The molecule has 12 heteroatoms. The van der Waals surface area contributed by atoms with Gasteiger partial charge in [-0.1, -0.05) is 12.1 Å². The summed E-state index contributed by atoms with van der Waals surface area (Å²) in [5.41, 5.74) is 2.57. The summed E-state index contributed by atoms with van der Waals surface area (Å²) in [5, 5.41) is 3.94. The van der Waals surface area contributed by atoms with Crippen LogP contribution in [0.25, 0.3) is 0 Å². The molecule has 41 heavy (non-hydrogen) atoms. The standard InChI is InChI=1S/C29H33N3O8S/c1-29(2,3)40-28(34)20-39-23-12-10-21(11-13-23)18-30-31-27(33)19-32(25-8-6-7-9-26(25)38-5)41(35,36)24-16-14-22(37-4)15-17-24/h6-18H,19-20H2,1-5H3,(H,31,33)/b30-18-. The molecule has 0 bridgehead atoms. The van der Waals surface area contributed by atoms with Gasteiger partial charge in [0.15, 0.2) is 6.61 Å². The van der Waals surface area contributed by atoms with Gasteiger partial charge in [0, 0.05) is 0 Å². The zero-order valence-corrected chi connectivity index (χ0v) is 24.3. The van der Waals surface area contributed by atoms with Crippen LogP contribution in [-0.4, -0.2) is 59.5 Å². The van der Waals surface area contributed by atoms with Crippen LogP contribution in [-0.2, 0) is 24.3 Å². The molecule has 11 nitrogen and oxygen atoms in total. The van der Waals surface area contributed by atoms with Gasteiger partial charge >= 0.3 is 5.97 Å². The Morgan fingerprint density at radius 1 is 0.902 bits per heavy atom. The first-order valence-corrected chi connectivity index (χ1v) is 13.9. The van der Waals surface area contributed by atoms with Crippen LogP contribution in [0.4, 0.5) is 5.69 Å². The van der Waals surface area contributed by atoms with Crippen molar-refractivity contribution < 1.29 is 37.0 Å². The molecule has 0 atom stereocenters. The summed E-state index contributed by atoms with van der Waals surface area (Å²) in [5.74, 6) is 0.0502. The molecular formula is C29H33N3O8S. The molecule has 0 unspecified atom stereocenters. The van der Waals surface area contributed by atoms with Crippen LogP contribution in [0.3, 0.4) is 0 Å². The van der Waals surface area contributed by atoms with Crippen LogP contribution in [0.2, 0.25) is 0 Å². The molecule has 0 aliphatic carbocycles. The third kappa shape index (κ3) is 8.97. The molecule has 0 aliphatic heterocycles. The molecule has 3 aromatic rings. The van der Waals surface area contributed by atoms with E-state index in [1.807, 2.05) is 0 Å². The van der Waals surface area contributed by atoms with E-state index in [0.29, 0.717) is 17.1 Å². The maximum absolute atomic E-state index is 13.6. The molecular weight excluding hydrogens is 550 g/mol. The summed E-state index contributed by atoms with van der Waals surface area (Å²) in [7, 11) is -1.28. The molecule has 0 aliphatic rings. The quantitative estimate of drug-likeness (QED) is 0.194. The average Bonchev–Trinajstić information content (AvgIpc) is 2.94. The van der Waals surface area contributed by atoms with Crippen LogP contribution in [0.15, 0.2) is 82.8 Å². The van der Waals surface area contributed by atoms with Crippen molar-refractivity contribution in [1.82, 2.24) is 5.43 Å². The van der Waals surface area contributed by atoms with Gasteiger partial charge in [-0.2, -0.15) is 5.10 Å². The first-order valence-electron chi connectivity index (χ1n) is 12.5. The SMILES string of the molecule is COc1ccc(S(=O)(=O)N(CC(=O)N/N=C\c2ccc(OCC(=O)OC(C)(C)C)cc2)c2ccccc2OC)cc1. The Morgan fingerprint density at radius 3 is 2.15 bits per heavy atom. The van der Waals surface area contributed by atoms with Gasteiger partial charge in [0.2, 0.25) is 0 Å². The molecule has 0 saturated heterocycles.